The van der Waals surface area contributed by atoms with E-state index in [9.17, 15) is 0 Å². The first-order valence-corrected chi connectivity index (χ1v) is 9.98. The van der Waals surface area contributed by atoms with Gasteiger partial charge in [0.2, 0.25) is 0 Å². The number of thiophene rings is 2. The van der Waals surface area contributed by atoms with Gasteiger partial charge in [-0.15, -0.1) is 22.7 Å². The van der Waals surface area contributed by atoms with Gasteiger partial charge in [0.25, 0.3) is 0 Å². The van der Waals surface area contributed by atoms with Crippen LogP contribution in [0, 0.1) is 6.92 Å². The number of aryl methyl sites for hydroxylation is 1. The Morgan fingerprint density at radius 1 is 1.04 bits per heavy atom. The normalized spacial score (nSPS) is 18.0. The van der Waals surface area contributed by atoms with Crippen molar-refractivity contribution in [3.63, 3.8) is 0 Å². The van der Waals surface area contributed by atoms with Gasteiger partial charge in [0.15, 0.2) is 0 Å². The van der Waals surface area contributed by atoms with Crippen LogP contribution >= 0.6 is 22.7 Å². The van der Waals surface area contributed by atoms with Crippen LogP contribution in [0.15, 0.2) is 54.6 Å². The van der Waals surface area contributed by atoms with Crippen molar-refractivity contribution in [2.75, 3.05) is 24.6 Å². The third-order valence-corrected chi connectivity index (χ3v) is 6.54. The minimum absolute atomic E-state index is 0.281. The van der Waals surface area contributed by atoms with E-state index >= 15 is 0 Å². The predicted molar refractivity (Wildman–Crippen MR) is 104 cm³/mol. The van der Waals surface area contributed by atoms with Gasteiger partial charge in [-0.05, 0) is 36.8 Å². The zero-order valence-electron chi connectivity index (χ0n) is 13.8. The molecule has 0 N–H and O–H groups in total. The summed E-state index contributed by atoms with van der Waals surface area (Å²) in [6, 6.07) is 19.5. The molecule has 3 heterocycles. The van der Waals surface area contributed by atoms with Crippen LogP contribution in [0.5, 0.6) is 0 Å². The Kier molecular flexibility index (Phi) is 4.69. The summed E-state index contributed by atoms with van der Waals surface area (Å²) in [4.78, 5) is 6.59. The fourth-order valence-corrected chi connectivity index (χ4v) is 5.08. The van der Waals surface area contributed by atoms with Gasteiger partial charge in [-0.2, -0.15) is 0 Å². The fourth-order valence-electron chi connectivity index (χ4n) is 3.10. The summed E-state index contributed by atoms with van der Waals surface area (Å²) in [5.74, 6) is 0. The lowest BCUT2D eigenvalue weighted by molar-refractivity contribution is 0.0418. The Balaban J connectivity index is 1.43. The van der Waals surface area contributed by atoms with E-state index in [1.54, 1.807) is 0 Å². The average molecular weight is 356 g/mol. The molecule has 0 radical (unpaired) electrons. The van der Waals surface area contributed by atoms with Gasteiger partial charge in [0, 0.05) is 34.1 Å². The summed E-state index contributed by atoms with van der Waals surface area (Å²) in [6.45, 7) is 4.97. The van der Waals surface area contributed by atoms with Crippen molar-refractivity contribution in [2.24, 2.45) is 0 Å². The Labute approximate surface area is 151 Å². The summed E-state index contributed by atoms with van der Waals surface area (Å²) < 4.78 is 6.03. The van der Waals surface area contributed by atoms with Gasteiger partial charge in [0.05, 0.1) is 17.7 Å². The van der Waals surface area contributed by atoms with E-state index in [0.717, 1.165) is 26.1 Å². The second-order valence-corrected chi connectivity index (χ2v) is 8.59. The second-order valence-electron chi connectivity index (χ2n) is 6.16. The molecule has 0 amide bonds. The van der Waals surface area contributed by atoms with Crippen LogP contribution in [0.2, 0.25) is 0 Å². The SMILES string of the molecule is Cc1ccc(N2CCOC(Cc3ccc(-c4ccccc4)s3)C2)s1. The van der Waals surface area contributed by atoms with Crippen LogP contribution in [0.4, 0.5) is 5.00 Å². The Morgan fingerprint density at radius 2 is 1.92 bits per heavy atom. The number of rotatable bonds is 4. The Bertz CT molecular complexity index is 793. The number of ether oxygens (including phenoxy) is 1. The van der Waals surface area contributed by atoms with Crippen molar-refractivity contribution >= 4 is 27.7 Å². The molecule has 2 aromatic heterocycles. The molecule has 1 aliphatic rings. The highest BCUT2D eigenvalue weighted by Gasteiger charge is 2.22. The molecule has 1 fully saturated rings. The molecule has 1 atom stereocenters. The van der Waals surface area contributed by atoms with Crippen LogP contribution in [0.3, 0.4) is 0 Å². The van der Waals surface area contributed by atoms with Crippen LogP contribution in [0.25, 0.3) is 10.4 Å². The number of benzene rings is 1. The molecular formula is C20H21NOS2. The first kappa shape index (κ1) is 15.9. The molecule has 1 aromatic carbocycles. The molecule has 124 valence electrons. The van der Waals surface area contributed by atoms with Gasteiger partial charge in [0.1, 0.15) is 0 Å². The van der Waals surface area contributed by atoms with E-state index in [0.29, 0.717) is 0 Å². The Morgan fingerprint density at radius 3 is 2.71 bits per heavy atom. The lowest BCUT2D eigenvalue weighted by Crippen LogP contribution is -2.43. The number of anilines is 1. The van der Waals surface area contributed by atoms with Gasteiger partial charge >= 0.3 is 0 Å². The van der Waals surface area contributed by atoms with Crippen LogP contribution in [-0.4, -0.2) is 25.8 Å². The molecular weight excluding hydrogens is 334 g/mol. The third-order valence-electron chi connectivity index (χ3n) is 4.33. The van der Waals surface area contributed by atoms with Crippen molar-refractivity contribution in [3.8, 4) is 10.4 Å². The minimum Gasteiger partial charge on any atom is -0.374 e. The molecule has 2 nitrogen and oxygen atoms in total. The van der Waals surface area contributed by atoms with E-state index in [4.69, 9.17) is 4.74 Å². The minimum atomic E-state index is 0.281. The monoisotopic (exact) mass is 355 g/mol. The van der Waals surface area contributed by atoms with Gasteiger partial charge in [-0.3, -0.25) is 0 Å². The molecule has 24 heavy (non-hydrogen) atoms. The number of nitrogens with zero attached hydrogens (tertiary/aromatic N) is 1. The number of hydrogen-bond acceptors (Lipinski definition) is 4. The highest BCUT2D eigenvalue weighted by molar-refractivity contribution is 7.16. The zero-order chi connectivity index (χ0) is 16.4. The number of morpholine rings is 1. The third kappa shape index (κ3) is 3.56. The predicted octanol–water partition coefficient (Wildman–Crippen LogP) is 5.23. The van der Waals surface area contributed by atoms with Gasteiger partial charge in [-0.25, -0.2) is 0 Å². The summed E-state index contributed by atoms with van der Waals surface area (Å²) in [5.41, 5.74) is 1.30. The molecule has 0 aliphatic carbocycles. The van der Waals surface area contributed by atoms with Crippen molar-refractivity contribution in [1.82, 2.24) is 0 Å². The average Bonchev–Trinajstić information content (AvgIpc) is 3.25. The van der Waals surface area contributed by atoms with Crippen LogP contribution in [0.1, 0.15) is 9.75 Å². The lowest BCUT2D eigenvalue weighted by Gasteiger charge is -2.33. The largest absolute Gasteiger partial charge is 0.374 e. The van der Waals surface area contributed by atoms with Crippen molar-refractivity contribution in [3.05, 3.63) is 64.4 Å². The fraction of sp³-hybridized carbons (Fsp3) is 0.300. The van der Waals surface area contributed by atoms with Crippen LogP contribution < -0.4 is 4.90 Å². The topological polar surface area (TPSA) is 12.5 Å². The summed E-state index contributed by atoms with van der Waals surface area (Å²) >= 11 is 3.76. The van der Waals surface area contributed by atoms with Gasteiger partial charge < -0.3 is 9.64 Å². The molecule has 4 rings (SSSR count). The lowest BCUT2D eigenvalue weighted by atomic mass is 10.1. The Hall–Kier alpha value is -1.62. The van der Waals surface area contributed by atoms with Crippen molar-refractivity contribution in [1.29, 1.82) is 0 Å². The summed E-state index contributed by atoms with van der Waals surface area (Å²) in [7, 11) is 0. The maximum atomic E-state index is 6.03. The molecule has 3 aromatic rings. The van der Waals surface area contributed by atoms with Crippen LogP contribution in [-0.2, 0) is 11.2 Å². The van der Waals surface area contributed by atoms with E-state index in [2.05, 4.69) is 66.4 Å². The number of hydrogen-bond donors (Lipinski definition) is 0. The zero-order valence-corrected chi connectivity index (χ0v) is 15.4. The van der Waals surface area contributed by atoms with E-state index in [1.807, 2.05) is 22.7 Å². The highest BCUT2D eigenvalue weighted by Crippen LogP contribution is 2.31. The van der Waals surface area contributed by atoms with E-state index < -0.39 is 0 Å². The maximum Gasteiger partial charge on any atom is 0.0912 e. The smallest absolute Gasteiger partial charge is 0.0912 e. The maximum absolute atomic E-state index is 6.03. The molecule has 1 saturated heterocycles. The summed E-state index contributed by atoms with van der Waals surface area (Å²) in [6.07, 6.45) is 1.28. The summed E-state index contributed by atoms with van der Waals surface area (Å²) in [5, 5.41) is 1.37. The molecule has 0 saturated carbocycles. The molecule has 0 bridgehead atoms. The molecule has 1 aliphatic heterocycles. The van der Waals surface area contributed by atoms with Gasteiger partial charge in [-0.1, -0.05) is 30.3 Å². The molecule has 1 unspecified atom stereocenters. The standard InChI is InChI=1S/C20H21NOS2/c1-15-7-10-20(23-15)21-11-12-22-17(14-21)13-18-8-9-19(24-18)16-5-3-2-4-6-16/h2-10,17H,11-14H2,1H3. The van der Waals surface area contributed by atoms with E-state index in [1.165, 1.54) is 25.2 Å². The highest BCUT2D eigenvalue weighted by atomic mass is 32.1. The van der Waals surface area contributed by atoms with Crippen molar-refractivity contribution in [2.45, 2.75) is 19.4 Å². The quantitative estimate of drug-likeness (QED) is 0.635. The second kappa shape index (κ2) is 7.09. The first-order valence-electron chi connectivity index (χ1n) is 8.35. The van der Waals surface area contributed by atoms with E-state index in [-0.39, 0.29) is 6.10 Å². The first-order chi connectivity index (χ1) is 11.8. The molecule has 4 heteroatoms. The van der Waals surface area contributed by atoms with Crippen molar-refractivity contribution < 1.29 is 4.74 Å². The molecule has 0 spiro atoms.